The molecule has 3 nitrogen and oxygen atoms in total. The van der Waals surface area contributed by atoms with E-state index in [4.69, 9.17) is 4.98 Å². The van der Waals surface area contributed by atoms with Crippen LogP contribution in [0.2, 0.25) is 0 Å². The molecule has 1 aromatic heterocycles. The first-order valence-electron chi connectivity index (χ1n) is 7.59. The highest BCUT2D eigenvalue weighted by molar-refractivity contribution is 7.13. The van der Waals surface area contributed by atoms with E-state index in [0.29, 0.717) is 0 Å². The predicted molar refractivity (Wildman–Crippen MR) is 84.1 cm³/mol. The molecule has 0 saturated carbocycles. The molecule has 19 heavy (non-hydrogen) atoms. The van der Waals surface area contributed by atoms with Gasteiger partial charge in [0.05, 0.1) is 5.69 Å². The van der Waals surface area contributed by atoms with E-state index in [9.17, 15) is 0 Å². The Morgan fingerprint density at radius 3 is 3.05 bits per heavy atom. The van der Waals surface area contributed by atoms with E-state index in [1.54, 1.807) is 11.3 Å². The number of hydrogen-bond acceptors (Lipinski definition) is 4. The molecule has 1 unspecified atom stereocenters. The lowest BCUT2D eigenvalue weighted by molar-refractivity contribution is 0.382. The van der Waals surface area contributed by atoms with Crippen molar-refractivity contribution in [3.05, 3.63) is 11.1 Å². The summed E-state index contributed by atoms with van der Waals surface area (Å²) >= 11 is 1.81. The van der Waals surface area contributed by atoms with E-state index in [0.717, 1.165) is 31.3 Å². The van der Waals surface area contributed by atoms with Gasteiger partial charge in [-0.15, -0.1) is 11.3 Å². The SMILES string of the molecule is CCc1csc(N2CCCC(CNCC(C)C)C2)n1. The van der Waals surface area contributed by atoms with Gasteiger partial charge in [-0.2, -0.15) is 0 Å². The van der Waals surface area contributed by atoms with Crippen LogP contribution >= 0.6 is 11.3 Å². The summed E-state index contributed by atoms with van der Waals surface area (Å²) in [7, 11) is 0. The molecule has 1 N–H and O–H groups in total. The number of aryl methyl sites for hydroxylation is 1. The Morgan fingerprint density at radius 2 is 2.37 bits per heavy atom. The molecule has 1 aliphatic rings. The third kappa shape index (κ3) is 4.46. The minimum atomic E-state index is 0.741. The van der Waals surface area contributed by atoms with Crippen molar-refractivity contribution in [1.82, 2.24) is 10.3 Å². The summed E-state index contributed by atoms with van der Waals surface area (Å²) in [6.07, 6.45) is 3.70. The van der Waals surface area contributed by atoms with Gasteiger partial charge < -0.3 is 10.2 Å². The molecule has 1 aromatic rings. The molecule has 1 aliphatic heterocycles. The molecule has 4 heteroatoms. The van der Waals surface area contributed by atoms with Crippen LogP contribution in [0.15, 0.2) is 5.38 Å². The van der Waals surface area contributed by atoms with Crippen molar-refractivity contribution >= 4 is 16.5 Å². The third-order valence-corrected chi connectivity index (χ3v) is 4.63. The molecule has 1 fully saturated rings. The van der Waals surface area contributed by atoms with Crippen LogP contribution in [0, 0.1) is 11.8 Å². The first kappa shape index (κ1) is 14.8. The smallest absolute Gasteiger partial charge is 0.185 e. The van der Waals surface area contributed by atoms with Crippen LogP contribution in [0.1, 0.15) is 39.3 Å². The van der Waals surface area contributed by atoms with Crippen LogP contribution in [0.3, 0.4) is 0 Å². The van der Waals surface area contributed by atoms with Gasteiger partial charge in [0.15, 0.2) is 5.13 Å². The maximum absolute atomic E-state index is 4.72. The predicted octanol–water partition coefficient (Wildman–Crippen LogP) is 3.17. The summed E-state index contributed by atoms with van der Waals surface area (Å²) < 4.78 is 0. The lowest BCUT2D eigenvalue weighted by Crippen LogP contribution is -2.40. The van der Waals surface area contributed by atoms with E-state index in [-0.39, 0.29) is 0 Å². The van der Waals surface area contributed by atoms with Crippen LogP contribution in [0.25, 0.3) is 0 Å². The lowest BCUT2D eigenvalue weighted by Gasteiger charge is -2.32. The minimum Gasteiger partial charge on any atom is -0.348 e. The Hall–Kier alpha value is -0.610. The molecule has 0 spiro atoms. The van der Waals surface area contributed by atoms with Gasteiger partial charge >= 0.3 is 0 Å². The van der Waals surface area contributed by atoms with Gasteiger partial charge in [0.25, 0.3) is 0 Å². The number of piperidine rings is 1. The van der Waals surface area contributed by atoms with Crippen molar-refractivity contribution in [2.45, 2.75) is 40.0 Å². The Labute approximate surface area is 121 Å². The van der Waals surface area contributed by atoms with E-state index in [1.165, 1.54) is 36.8 Å². The van der Waals surface area contributed by atoms with Crippen molar-refractivity contribution in [1.29, 1.82) is 0 Å². The Kier molecular flexibility index (Phi) is 5.64. The first-order valence-corrected chi connectivity index (χ1v) is 8.47. The molecule has 108 valence electrons. The average Bonchev–Trinajstić information content (AvgIpc) is 2.87. The number of nitrogens with one attached hydrogen (secondary N) is 1. The van der Waals surface area contributed by atoms with Crippen LogP contribution < -0.4 is 10.2 Å². The Morgan fingerprint density at radius 1 is 1.53 bits per heavy atom. The zero-order chi connectivity index (χ0) is 13.7. The number of hydrogen-bond donors (Lipinski definition) is 1. The van der Waals surface area contributed by atoms with Gasteiger partial charge in [0, 0.05) is 18.5 Å². The maximum atomic E-state index is 4.72. The number of nitrogens with zero attached hydrogens (tertiary/aromatic N) is 2. The quantitative estimate of drug-likeness (QED) is 0.868. The second-order valence-corrected chi connectivity index (χ2v) is 6.82. The highest BCUT2D eigenvalue weighted by atomic mass is 32.1. The van der Waals surface area contributed by atoms with Gasteiger partial charge in [-0.3, -0.25) is 0 Å². The monoisotopic (exact) mass is 281 g/mol. The Bertz CT molecular complexity index is 375. The van der Waals surface area contributed by atoms with E-state index in [2.05, 4.69) is 36.4 Å². The molecule has 0 amide bonds. The summed E-state index contributed by atoms with van der Waals surface area (Å²) in [5.74, 6) is 1.52. The van der Waals surface area contributed by atoms with Crippen molar-refractivity contribution in [2.75, 3.05) is 31.1 Å². The van der Waals surface area contributed by atoms with Crippen molar-refractivity contribution in [3.8, 4) is 0 Å². The Balaban J connectivity index is 1.82. The van der Waals surface area contributed by atoms with Crippen LogP contribution in [-0.2, 0) is 6.42 Å². The van der Waals surface area contributed by atoms with Crippen LogP contribution in [0.4, 0.5) is 5.13 Å². The molecule has 0 aliphatic carbocycles. The van der Waals surface area contributed by atoms with Crippen molar-refractivity contribution in [2.24, 2.45) is 11.8 Å². The van der Waals surface area contributed by atoms with E-state index in [1.807, 2.05) is 0 Å². The lowest BCUT2D eigenvalue weighted by atomic mass is 9.98. The fraction of sp³-hybridized carbons (Fsp3) is 0.800. The fourth-order valence-electron chi connectivity index (χ4n) is 2.59. The second-order valence-electron chi connectivity index (χ2n) is 5.98. The third-order valence-electron chi connectivity index (χ3n) is 3.68. The summed E-state index contributed by atoms with van der Waals surface area (Å²) in [5, 5.41) is 7.03. The highest BCUT2D eigenvalue weighted by Crippen LogP contribution is 2.26. The summed E-state index contributed by atoms with van der Waals surface area (Å²) in [6, 6.07) is 0. The maximum Gasteiger partial charge on any atom is 0.185 e. The van der Waals surface area contributed by atoms with Crippen LogP contribution in [0.5, 0.6) is 0 Å². The molecule has 0 radical (unpaired) electrons. The standard InChI is InChI=1S/C15H27N3S/c1-4-14-11-19-15(17-14)18-7-5-6-13(10-18)9-16-8-12(2)3/h11-13,16H,4-10H2,1-3H3. The van der Waals surface area contributed by atoms with Gasteiger partial charge in [-0.1, -0.05) is 20.8 Å². The highest BCUT2D eigenvalue weighted by Gasteiger charge is 2.21. The normalized spacial score (nSPS) is 20.2. The molecule has 0 bridgehead atoms. The molecule has 1 atom stereocenters. The topological polar surface area (TPSA) is 28.2 Å². The minimum absolute atomic E-state index is 0.741. The summed E-state index contributed by atoms with van der Waals surface area (Å²) in [6.45, 7) is 11.3. The molecular formula is C15H27N3S. The largest absolute Gasteiger partial charge is 0.348 e. The van der Waals surface area contributed by atoms with E-state index >= 15 is 0 Å². The van der Waals surface area contributed by atoms with Gasteiger partial charge in [-0.25, -0.2) is 4.98 Å². The second kappa shape index (κ2) is 7.25. The van der Waals surface area contributed by atoms with Crippen molar-refractivity contribution < 1.29 is 0 Å². The summed E-state index contributed by atoms with van der Waals surface area (Å²) in [5.41, 5.74) is 1.24. The zero-order valence-corrected chi connectivity index (χ0v) is 13.3. The average molecular weight is 281 g/mol. The summed E-state index contributed by atoms with van der Waals surface area (Å²) in [4.78, 5) is 7.20. The molecule has 1 saturated heterocycles. The van der Waals surface area contributed by atoms with Crippen molar-refractivity contribution in [3.63, 3.8) is 0 Å². The van der Waals surface area contributed by atoms with Gasteiger partial charge in [0.1, 0.15) is 0 Å². The van der Waals surface area contributed by atoms with E-state index < -0.39 is 0 Å². The number of rotatable bonds is 6. The molecule has 0 aromatic carbocycles. The van der Waals surface area contributed by atoms with Crippen LogP contribution in [-0.4, -0.2) is 31.2 Å². The molecule has 2 heterocycles. The number of anilines is 1. The number of thiazole rings is 1. The molecule has 2 rings (SSSR count). The van der Waals surface area contributed by atoms with Gasteiger partial charge in [0.2, 0.25) is 0 Å². The fourth-order valence-corrected chi connectivity index (χ4v) is 3.53. The first-order chi connectivity index (χ1) is 9.19. The van der Waals surface area contributed by atoms with Gasteiger partial charge in [-0.05, 0) is 44.2 Å². The number of aromatic nitrogens is 1. The zero-order valence-electron chi connectivity index (χ0n) is 12.5. The molecular weight excluding hydrogens is 254 g/mol.